The van der Waals surface area contributed by atoms with Crippen LogP contribution in [0.3, 0.4) is 0 Å². The van der Waals surface area contributed by atoms with Crippen molar-refractivity contribution < 1.29 is 4.74 Å². The summed E-state index contributed by atoms with van der Waals surface area (Å²) in [6, 6.07) is 8.20. The van der Waals surface area contributed by atoms with E-state index in [0.29, 0.717) is 0 Å². The van der Waals surface area contributed by atoms with Crippen molar-refractivity contribution in [3.8, 4) is 17.0 Å². The van der Waals surface area contributed by atoms with Crippen LogP contribution in [0.2, 0.25) is 0 Å². The first-order valence-corrected chi connectivity index (χ1v) is 8.50. The smallest absolute Gasteiger partial charge is 0.194 e. The molecule has 0 spiro atoms. The van der Waals surface area contributed by atoms with Gasteiger partial charge in [-0.15, -0.1) is 0 Å². The van der Waals surface area contributed by atoms with Crippen LogP contribution in [0.25, 0.3) is 16.2 Å². The Kier molecular flexibility index (Phi) is 3.39. The molecular formula is C17H19N3OS. The van der Waals surface area contributed by atoms with Gasteiger partial charge < -0.3 is 10.1 Å². The van der Waals surface area contributed by atoms with Gasteiger partial charge in [-0.2, -0.15) is 0 Å². The standard InChI is InChI=1S/C17H19N3OS/c1-11(2)21-13-5-3-12(4-6-13)14-10-20-15-7-8-18-9-16(15)22-17(20)19-14/h3-6,10-11,18H,7-9H2,1-2H3. The van der Waals surface area contributed by atoms with Gasteiger partial charge in [-0.3, -0.25) is 4.40 Å². The highest BCUT2D eigenvalue weighted by molar-refractivity contribution is 7.17. The summed E-state index contributed by atoms with van der Waals surface area (Å²) in [5.74, 6) is 0.906. The second-order valence-electron chi connectivity index (χ2n) is 5.87. The fourth-order valence-corrected chi connectivity index (χ4v) is 3.97. The van der Waals surface area contributed by atoms with E-state index >= 15 is 0 Å². The Morgan fingerprint density at radius 2 is 2.09 bits per heavy atom. The quantitative estimate of drug-likeness (QED) is 0.804. The third-order valence-corrected chi connectivity index (χ3v) is 4.94. The lowest BCUT2D eigenvalue weighted by molar-refractivity contribution is 0.242. The number of benzene rings is 1. The van der Waals surface area contributed by atoms with Gasteiger partial charge in [0.15, 0.2) is 4.96 Å². The molecule has 1 aliphatic heterocycles. The minimum absolute atomic E-state index is 0.198. The van der Waals surface area contributed by atoms with Crippen molar-refractivity contribution in [3.63, 3.8) is 0 Å². The van der Waals surface area contributed by atoms with Crippen molar-refractivity contribution in [2.45, 2.75) is 32.9 Å². The first kappa shape index (κ1) is 13.8. The van der Waals surface area contributed by atoms with Gasteiger partial charge in [-0.1, -0.05) is 11.3 Å². The fraction of sp³-hybridized carbons (Fsp3) is 0.353. The van der Waals surface area contributed by atoms with Gasteiger partial charge in [0.2, 0.25) is 0 Å². The Labute approximate surface area is 133 Å². The van der Waals surface area contributed by atoms with Crippen molar-refractivity contribution in [1.29, 1.82) is 0 Å². The number of hydrogen-bond acceptors (Lipinski definition) is 4. The van der Waals surface area contributed by atoms with Crippen LogP contribution in [0, 0.1) is 0 Å². The SMILES string of the molecule is CC(C)Oc1ccc(-c2cn3c4c(sc3n2)CNCC4)cc1. The van der Waals surface area contributed by atoms with Gasteiger partial charge in [0.25, 0.3) is 0 Å². The van der Waals surface area contributed by atoms with Crippen molar-refractivity contribution in [3.05, 3.63) is 41.0 Å². The number of hydrogen-bond donors (Lipinski definition) is 1. The van der Waals surface area contributed by atoms with Crippen LogP contribution in [0.15, 0.2) is 30.5 Å². The van der Waals surface area contributed by atoms with E-state index in [1.165, 1.54) is 10.6 Å². The molecule has 0 saturated heterocycles. The minimum Gasteiger partial charge on any atom is -0.491 e. The highest BCUT2D eigenvalue weighted by Crippen LogP contribution is 2.29. The number of nitrogens with zero attached hydrogens (tertiary/aromatic N) is 2. The average molecular weight is 313 g/mol. The van der Waals surface area contributed by atoms with Crippen LogP contribution in [0.5, 0.6) is 5.75 Å². The topological polar surface area (TPSA) is 38.6 Å². The highest BCUT2D eigenvalue weighted by Gasteiger charge is 2.17. The highest BCUT2D eigenvalue weighted by atomic mass is 32.1. The molecule has 0 radical (unpaired) electrons. The van der Waals surface area contributed by atoms with Gasteiger partial charge in [0.05, 0.1) is 11.8 Å². The monoisotopic (exact) mass is 313 g/mol. The molecule has 3 aromatic rings. The Hall–Kier alpha value is -1.85. The zero-order valence-corrected chi connectivity index (χ0v) is 13.6. The van der Waals surface area contributed by atoms with Crippen molar-refractivity contribution in [2.75, 3.05) is 6.54 Å². The maximum absolute atomic E-state index is 5.69. The average Bonchev–Trinajstić information content (AvgIpc) is 3.05. The van der Waals surface area contributed by atoms with Crippen molar-refractivity contribution in [1.82, 2.24) is 14.7 Å². The summed E-state index contributed by atoms with van der Waals surface area (Å²) >= 11 is 1.79. The third-order valence-electron chi connectivity index (χ3n) is 3.85. The lowest BCUT2D eigenvalue weighted by Gasteiger charge is -2.11. The lowest BCUT2D eigenvalue weighted by Crippen LogP contribution is -2.23. The molecular weight excluding hydrogens is 294 g/mol. The van der Waals surface area contributed by atoms with E-state index in [0.717, 1.165) is 41.5 Å². The Bertz CT molecular complexity index is 801. The molecule has 2 aromatic heterocycles. The summed E-state index contributed by atoms with van der Waals surface area (Å²) in [5, 5.41) is 3.42. The van der Waals surface area contributed by atoms with E-state index in [1.807, 2.05) is 26.0 Å². The summed E-state index contributed by atoms with van der Waals surface area (Å²) in [6.45, 7) is 6.10. The number of rotatable bonds is 3. The van der Waals surface area contributed by atoms with E-state index in [1.54, 1.807) is 11.3 Å². The van der Waals surface area contributed by atoms with Gasteiger partial charge in [0.1, 0.15) is 5.75 Å². The molecule has 114 valence electrons. The summed E-state index contributed by atoms with van der Waals surface area (Å²) in [4.78, 5) is 7.30. The van der Waals surface area contributed by atoms with E-state index < -0.39 is 0 Å². The van der Waals surface area contributed by atoms with Gasteiger partial charge in [-0.25, -0.2) is 4.98 Å². The number of aromatic nitrogens is 2. The molecule has 0 bridgehead atoms. The maximum Gasteiger partial charge on any atom is 0.194 e. The molecule has 22 heavy (non-hydrogen) atoms. The van der Waals surface area contributed by atoms with E-state index in [9.17, 15) is 0 Å². The van der Waals surface area contributed by atoms with Crippen molar-refractivity contribution >= 4 is 16.3 Å². The minimum atomic E-state index is 0.198. The number of ether oxygens (including phenoxy) is 1. The van der Waals surface area contributed by atoms with Crippen LogP contribution in [-0.2, 0) is 13.0 Å². The predicted octanol–water partition coefficient (Wildman–Crippen LogP) is 3.50. The molecule has 5 heteroatoms. The molecule has 4 rings (SSSR count). The van der Waals surface area contributed by atoms with Crippen molar-refractivity contribution in [2.24, 2.45) is 0 Å². The molecule has 4 nitrogen and oxygen atoms in total. The summed E-state index contributed by atoms with van der Waals surface area (Å²) in [7, 11) is 0. The molecule has 0 fully saturated rings. The lowest BCUT2D eigenvalue weighted by atomic mass is 10.1. The Morgan fingerprint density at radius 1 is 1.27 bits per heavy atom. The van der Waals surface area contributed by atoms with Crippen LogP contribution in [0.1, 0.15) is 24.4 Å². The van der Waals surface area contributed by atoms with Crippen LogP contribution < -0.4 is 10.1 Å². The fourth-order valence-electron chi connectivity index (χ4n) is 2.85. The summed E-state index contributed by atoms with van der Waals surface area (Å²) in [5.41, 5.74) is 3.58. The van der Waals surface area contributed by atoms with E-state index in [-0.39, 0.29) is 6.10 Å². The molecule has 3 heterocycles. The Balaban J connectivity index is 1.67. The second-order valence-corrected chi connectivity index (χ2v) is 6.93. The van der Waals surface area contributed by atoms with E-state index in [4.69, 9.17) is 9.72 Å². The molecule has 1 N–H and O–H groups in total. The molecule has 0 aliphatic carbocycles. The first-order chi connectivity index (χ1) is 10.7. The Morgan fingerprint density at radius 3 is 2.86 bits per heavy atom. The first-order valence-electron chi connectivity index (χ1n) is 7.68. The number of fused-ring (bicyclic) bond motifs is 3. The largest absolute Gasteiger partial charge is 0.491 e. The van der Waals surface area contributed by atoms with Crippen LogP contribution in [0.4, 0.5) is 0 Å². The van der Waals surface area contributed by atoms with Gasteiger partial charge in [-0.05, 0) is 38.1 Å². The number of thiazole rings is 1. The predicted molar refractivity (Wildman–Crippen MR) is 89.7 cm³/mol. The zero-order valence-electron chi connectivity index (χ0n) is 12.8. The molecule has 0 saturated carbocycles. The third kappa shape index (κ3) is 2.40. The maximum atomic E-state index is 5.69. The van der Waals surface area contributed by atoms with Crippen LogP contribution >= 0.6 is 11.3 Å². The summed E-state index contributed by atoms with van der Waals surface area (Å²) < 4.78 is 7.95. The van der Waals surface area contributed by atoms with Crippen LogP contribution in [-0.4, -0.2) is 22.0 Å². The number of nitrogens with one attached hydrogen (secondary N) is 1. The van der Waals surface area contributed by atoms with E-state index in [2.05, 4.69) is 28.0 Å². The molecule has 0 atom stereocenters. The normalized spacial score (nSPS) is 14.5. The second kappa shape index (κ2) is 5.41. The number of imidazole rings is 1. The molecule has 0 unspecified atom stereocenters. The van der Waals surface area contributed by atoms with Gasteiger partial charge >= 0.3 is 0 Å². The summed E-state index contributed by atoms with van der Waals surface area (Å²) in [6.07, 6.45) is 3.43. The molecule has 1 aliphatic rings. The molecule has 1 aromatic carbocycles. The van der Waals surface area contributed by atoms with Gasteiger partial charge in [0, 0.05) is 41.8 Å². The molecule has 0 amide bonds. The zero-order chi connectivity index (χ0) is 15.1.